The van der Waals surface area contributed by atoms with Crippen LogP contribution in [0.4, 0.5) is 0 Å². The van der Waals surface area contributed by atoms with E-state index in [9.17, 15) is 0 Å². The molecule has 0 radical (unpaired) electrons. The van der Waals surface area contributed by atoms with E-state index in [1.807, 2.05) is 32.9 Å². The number of rotatable bonds is 7. The van der Waals surface area contributed by atoms with Crippen molar-refractivity contribution in [1.82, 2.24) is 14.1 Å². The molecule has 0 amide bonds. The monoisotopic (exact) mass is 975 g/mol. The number of hydrogen-bond donors (Lipinski definition) is 0. The van der Waals surface area contributed by atoms with Gasteiger partial charge in [-0.25, -0.2) is 4.98 Å². The van der Waals surface area contributed by atoms with Gasteiger partial charge in [0.25, 0.3) is 6.33 Å². The Morgan fingerprint density at radius 1 is 0.700 bits per heavy atom. The van der Waals surface area contributed by atoms with Crippen LogP contribution in [0.3, 0.4) is 0 Å². The molecule has 0 aliphatic carbocycles. The Kier molecular flexibility index (Phi) is 6.04. The van der Waals surface area contributed by atoms with Gasteiger partial charge in [0.1, 0.15) is 5.82 Å². The molecule has 0 N–H and O–H groups in total. The van der Waals surface area contributed by atoms with Crippen molar-refractivity contribution in [3.8, 4) is 50.9 Å². The van der Waals surface area contributed by atoms with Gasteiger partial charge in [-0.15, -0.1) is 29.7 Å². The first-order chi connectivity index (χ1) is 36.1. The van der Waals surface area contributed by atoms with Crippen LogP contribution in [-0.4, -0.2) is 14.1 Å². The summed E-state index contributed by atoms with van der Waals surface area (Å²) in [6.45, 7) is -0.190. The van der Waals surface area contributed by atoms with Crippen molar-refractivity contribution in [3.63, 3.8) is 0 Å². The fraction of sp³-hybridized carbons (Fsp3) is 0.111. The summed E-state index contributed by atoms with van der Waals surface area (Å²) in [5.41, 5.74) is 0.451. The molecule has 0 aliphatic heterocycles. The molecule has 0 aliphatic rings. The zero-order valence-corrected chi connectivity index (χ0v) is 34.4. The van der Waals surface area contributed by atoms with Crippen molar-refractivity contribution >= 4 is 32.8 Å². The standard InChI is InChI=1S/C54H42N4O.Pt/c1-36-29-52(55-34-37(36)2)58-48-24-13-12-21-46(48)47-28-27-42(33-51(47)58)59-43-31-40(54(3,4)5)30-41(32-43)56-35-57(50-26-15-14-25-49(50)56)53-44(38-17-8-6-9-18-38)22-16-23-45(53)39-19-10-7-11-20-39;/h6-31,34H,1-5H3;/q-2;/i1D3,2D3,6D,7D,8D,9D,10D,11D,17D,18D,19D,20D,29D,34D;. The van der Waals surface area contributed by atoms with Crippen LogP contribution in [0.15, 0.2) is 164 Å². The van der Waals surface area contributed by atoms with E-state index in [-0.39, 0.29) is 71.8 Å². The minimum Gasteiger partial charge on any atom is -0.510 e. The van der Waals surface area contributed by atoms with E-state index in [1.54, 1.807) is 69.8 Å². The second-order valence-corrected chi connectivity index (χ2v) is 14.8. The van der Waals surface area contributed by atoms with Crippen LogP contribution in [0.1, 0.15) is 62.1 Å². The predicted octanol–water partition coefficient (Wildman–Crippen LogP) is 12.8. The van der Waals surface area contributed by atoms with Gasteiger partial charge >= 0.3 is 0 Å². The molecule has 296 valence electrons. The Morgan fingerprint density at radius 3 is 2.08 bits per heavy atom. The zero-order chi connectivity index (χ0) is 55.7. The van der Waals surface area contributed by atoms with E-state index in [0.29, 0.717) is 33.0 Å². The summed E-state index contributed by atoms with van der Waals surface area (Å²) >= 11 is 0. The number of pyridine rings is 1. The van der Waals surface area contributed by atoms with Crippen molar-refractivity contribution in [2.24, 2.45) is 0 Å². The van der Waals surface area contributed by atoms with Gasteiger partial charge in [-0.05, 0) is 75.7 Å². The second-order valence-electron chi connectivity index (χ2n) is 14.8. The average Bonchev–Trinajstić information content (AvgIpc) is 4.04. The third-order valence-electron chi connectivity index (χ3n) is 10.0. The Bertz CT molecular complexity index is 3990. The Labute approximate surface area is 390 Å². The Balaban J connectivity index is 0.00000740. The van der Waals surface area contributed by atoms with E-state index in [0.717, 1.165) is 5.56 Å². The number of fused-ring (bicyclic) bond motifs is 4. The predicted molar refractivity (Wildman–Crippen MR) is 239 cm³/mol. The van der Waals surface area contributed by atoms with Gasteiger partial charge in [0.05, 0.1) is 33.2 Å². The minimum atomic E-state index is -3.10. The van der Waals surface area contributed by atoms with E-state index >= 15 is 0 Å². The Morgan fingerprint density at radius 2 is 1.38 bits per heavy atom. The van der Waals surface area contributed by atoms with Crippen molar-refractivity contribution in [3.05, 3.63) is 199 Å². The molecule has 3 heterocycles. The van der Waals surface area contributed by atoms with Crippen molar-refractivity contribution in [2.45, 2.75) is 39.9 Å². The smallest absolute Gasteiger partial charge is 0.268 e. The molecule has 5 nitrogen and oxygen atoms in total. The van der Waals surface area contributed by atoms with Gasteiger partial charge < -0.3 is 13.9 Å². The summed E-state index contributed by atoms with van der Waals surface area (Å²) in [5, 5.41) is 1.25. The van der Waals surface area contributed by atoms with Gasteiger partial charge in [0.2, 0.25) is 0 Å². The normalized spacial score (nSPS) is 16.3. The van der Waals surface area contributed by atoms with Gasteiger partial charge in [-0.2, -0.15) is 17.7 Å². The molecular formula is C54H42N4OPt-2. The minimum absolute atomic E-state index is 0. The molecule has 10 aromatic rings. The summed E-state index contributed by atoms with van der Waals surface area (Å²) in [6.07, 6.45) is 2.57. The molecule has 0 spiro atoms. The first-order valence-corrected chi connectivity index (χ1v) is 18.6. The fourth-order valence-corrected chi connectivity index (χ4v) is 7.24. The molecule has 7 aromatic carbocycles. The number of ether oxygens (including phenoxy) is 1. The van der Waals surface area contributed by atoms with E-state index in [2.05, 4.69) is 23.4 Å². The van der Waals surface area contributed by atoms with Gasteiger partial charge in [0, 0.05) is 52.5 Å². The summed E-state index contributed by atoms with van der Waals surface area (Å²) < 4.78 is 166. The van der Waals surface area contributed by atoms with E-state index in [1.165, 1.54) is 22.8 Å². The van der Waals surface area contributed by atoms with E-state index < -0.39 is 103 Å². The fourth-order valence-electron chi connectivity index (χ4n) is 7.24. The number of benzene rings is 7. The van der Waals surface area contributed by atoms with Crippen LogP contribution in [-0.2, 0) is 26.5 Å². The maximum absolute atomic E-state index is 9.17. The molecule has 0 saturated heterocycles. The van der Waals surface area contributed by atoms with Crippen LogP contribution < -0.4 is 9.30 Å². The SMILES string of the molecule is [2H]c1nc(-n2c3[c-]c(Oc4[c-]c(-n5[c-][n+](-c6c(-c7c([2H])c([2H])c([2H])c([2H])c7[2H])cccc6-c6c([2H])c([2H])c([2H])c([2H])c6[2H])c6ccccc65)cc(C(C)(C)C)c4)ccc3c3ccccc32)c([2H])c(C([2H])([2H])[2H])c1C([2H])([2H])[2H].[Pt]. The topological polar surface area (TPSA) is 35.9 Å². The number of nitrogens with zero attached hydrogens (tertiary/aromatic N) is 4. The summed E-state index contributed by atoms with van der Waals surface area (Å²) in [7, 11) is 0. The van der Waals surface area contributed by atoms with Crippen LogP contribution >= 0.6 is 0 Å². The first kappa shape index (κ1) is 23.3. The number of imidazole rings is 1. The molecule has 60 heavy (non-hydrogen) atoms. The van der Waals surface area contributed by atoms with Gasteiger partial charge in [0.15, 0.2) is 0 Å². The third-order valence-corrected chi connectivity index (χ3v) is 10.0. The first-order valence-electron chi connectivity index (χ1n) is 27.6. The third kappa shape index (κ3) is 6.93. The summed E-state index contributed by atoms with van der Waals surface area (Å²) in [6, 6.07) is 25.9. The molecule has 6 heteroatoms. The number of para-hydroxylation sites is 4. The molecule has 0 unspecified atom stereocenters. The van der Waals surface area contributed by atoms with E-state index in [4.69, 9.17) is 29.4 Å². The molecule has 3 aromatic heterocycles. The molecule has 0 saturated carbocycles. The van der Waals surface area contributed by atoms with Crippen LogP contribution in [0.25, 0.3) is 72.3 Å². The molecule has 10 rings (SSSR count). The van der Waals surface area contributed by atoms with Crippen molar-refractivity contribution in [1.29, 1.82) is 0 Å². The van der Waals surface area contributed by atoms with Gasteiger partial charge in [-0.1, -0.05) is 147 Å². The molecule has 0 atom stereocenters. The molecule has 0 bridgehead atoms. The number of aromatic nitrogens is 4. The summed E-state index contributed by atoms with van der Waals surface area (Å²) in [4.78, 5) is 4.26. The second kappa shape index (κ2) is 15.6. The van der Waals surface area contributed by atoms with Gasteiger partial charge in [-0.3, -0.25) is 4.57 Å². The van der Waals surface area contributed by atoms with Crippen molar-refractivity contribution < 1.29 is 55.0 Å². The average molecular weight is 976 g/mol. The quantitative estimate of drug-likeness (QED) is 0.118. The maximum atomic E-state index is 9.17. The van der Waals surface area contributed by atoms with Crippen LogP contribution in [0.5, 0.6) is 11.5 Å². The van der Waals surface area contributed by atoms with Crippen molar-refractivity contribution in [2.75, 3.05) is 0 Å². The molecule has 0 fully saturated rings. The van der Waals surface area contributed by atoms with Crippen LogP contribution in [0, 0.1) is 32.2 Å². The zero-order valence-electron chi connectivity index (χ0n) is 50.2. The largest absolute Gasteiger partial charge is 0.510 e. The maximum Gasteiger partial charge on any atom is 0.268 e. The number of hydrogen-bond acceptors (Lipinski definition) is 2. The summed E-state index contributed by atoms with van der Waals surface area (Å²) in [5.74, 6) is 0.0144. The van der Waals surface area contributed by atoms with Crippen LogP contribution in [0.2, 0.25) is 0 Å². The Hall–Kier alpha value is -6.55. The molecular weight excluding hydrogens is 916 g/mol.